The Kier molecular flexibility index (Phi) is 5.84. The molecule has 0 atom stereocenters. The molecule has 0 amide bonds. The van der Waals surface area contributed by atoms with Gasteiger partial charge in [-0.2, -0.15) is 0 Å². The summed E-state index contributed by atoms with van der Waals surface area (Å²) in [6.45, 7) is 12.4. The SMILES string of the molecule is CC.CC.CC1CC2(C1)CN(c1ccccc1F)C2. The molecule has 0 unspecified atom stereocenters. The Morgan fingerprint density at radius 3 is 2.05 bits per heavy atom. The average Bonchev–Trinajstić information content (AvgIpc) is 2.38. The molecular weight excluding hydrogens is 237 g/mol. The first-order chi connectivity index (χ1) is 9.19. The van der Waals surface area contributed by atoms with Crippen molar-refractivity contribution >= 4 is 5.69 Å². The molecule has 0 radical (unpaired) electrons. The predicted molar refractivity (Wildman–Crippen MR) is 82.1 cm³/mol. The van der Waals surface area contributed by atoms with Gasteiger partial charge < -0.3 is 4.90 Å². The highest BCUT2D eigenvalue weighted by Crippen LogP contribution is 2.52. The molecule has 2 aliphatic rings. The predicted octanol–water partition coefficient (Wildman–Crippen LogP) is 5.11. The van der Waals surface area contributed by atoms with Gasteiger partial charge in [0.15, 0.2) is 0 Å². The number of rotatable bonds is 1. The number of benzene rings is 1. The van der Waals surface area contributed by atoms with E-state index in [9.17, 15) is 4.39 Å². The summed E-state index contributed by atoms with van der Waals surface area (Å²) in [4.78, 5) is 2.17. The zero-order valence-electron chi connectivity index (χ0n) is 13.0. The topological polar surface area (TPSA) is 3.24 Å². The number of halogens is 1. The van der Waals surface area contributed by atoms with E-state index in [0.29, 0.717) is 5.41 Å². The maximum atomic E-state index is 13.5. The monoisotopic (exact) mass is 265 g/mol. The highest BCUT2D eigenvalue weighted by molar-refractivity contribution is 5.51. The Morgan fingerprint density at radius 1 is 1.05 bits per heavy atom. The van der Waals surface area contributed by atoms with Gasteiger partial charge in [0.05, 0.1) is 5.69 Å². The molecule has 2 fully saturated rings. The quantitative estimate of drug-likeness (QED) is 0.681. The largest absolute Gasteiger partial charge is 0.368 e. The Bertz CT molecular complexity index is 375. The van der Waals surface area contributed by atoms with Gasteiger partial charge in [-0.25, -0.2) is 4.39 Å². The molecule has 1 heterocycles. The minimum Gasteiger partial charge on any atom is -0.368 e. The number of hydrogen-bond donors (Lipinski definition) is 0. The molecule has 0 bridgehead atoms. The second kappa shape index (κ2) is 6.93. The van der Waals surface area contributed by atoms with Gasteiger partial charge in [0.25, 0.3) is 0 Å². The van der Waals surface area contributed by atoms with Gasteiger partial charge >= 0.3 is 0 Å². The van der Waals surface area contributed by atoms with Gasteiger partial charge in [0, 0.05) is 18.5 Å². The molecule has 1 aromatic carbocycles. The molecule has 108 valence electrons. The molecular formula is C17H28FN. The van der Waals surface area contributed by atoms with Crippen molar-refractivity contribution in [1.29, 1.82) is 0 Å². The van der Waals surface area contributed by atoms with Crippen molar-refractivity contribution in [2.75, 3.05) is 18.0 Å². The van der Waals surface area contributed by atoms with Crippen molar-refractivity contribution in [1.82, 2.24) is 0 Å². The van der Waals surface area contributed by atoms with Crippen LogP contribution in [0.15, 0.2) is 24.3 Å². The van der Waals surface area contributed by atoms with Crippen molar-refractivity contribution in [3.63, 3.8) is 0 Å². The minimum absolute atomic E-state index is 0.0836. The molecule has 1 nitrogen and oxygen atoms in total. The van der Waals surface area contributed by atoms with Crippen LogP contribution in [0.1, 0.15) is 47.5 Å². The highest BCUT2D eigenvalue weighted by atomic mass is 19.1. The van der Waals surface area contributed by atoms with Crippen LogP contribution in [-0.4, -0.2) is 13.1 Å². The van der Waals surface area contributed by atoms with Crippen LogP contribution in [0.3, 0.4) is 0 Å². The van der Waals surface area contributed by atoms with Gasteiger partial charge in [-0.05, 0) is 30.9 Å². The van der Waals surface area contributed by atoms with E-state index in [2.05, 4.69) is 11.8 Å². The van der Waals surface area contributed by atoms with Crippen molar-refractivity contribution < 1.29 is 4.39 Å². The van der Waals surface area contributed by atoms with Crippen LogP contribution in [0.2, 0.25) is 0 Å². The molecule has 19 heavy (non-hydrogen) atoms. The zero-order valence-corrected chi connectivity index (χ0v) is 13.0. The second-order valence-electron chi connectivity index (χ2n) is 5.32. The van der Waals surface area contributed by atoms with Gasteiger partial charge in [-0.3, -0.25) is 0 Å². The first-order valence-electron chi connectivity index (χ1n) is 7.68. The lowest BCUT2D eigenvalue weighted by Crippen LogP contribution is -2.62. The van der Waals surface area contributed by atoms with Gasteiger partial charge in [0.1, 0.15) is 5.82 Å². The lowest BCUT2D eigenvalue weighted by molar-refractivity contribution is 0.0333. The molecule has 0 aromatic heterocycles. The van der Waals surface area contributed by atoms with E-state index in [4.69, 9.17) is 0 Å². The zero-order chi connectivity index (χ0) is 14.5. The Labute approximate surface area is 117 Å². The Hall–Kier alpha value is -1.05. The molecule has 3 rings (SSSR count). The number of nitrogens with zero attached hydrogens (tertiary/aromatic N) is 1. The summed E-state index contributed by atoms with van der Waals surface area (Å²) in [5.74, 6) is 0.799. The molecule has 1 saturated heterocycles. The molecule has 2 heteroatoms. The highest BCUT2D eigenvalue weighted by Gasteiger charge is 2.50. The van der Waals surface area contributed by atoms with Crippen LogP contribution in [0.25, 0.3) is 0 Å². The second-order valence-corrected chi connectivity index (χ2v) is 5.32. The molecule has 1 aromatic rings. The van der Waals surface area contributed by atoms with Gasteiger partial charge in [0.2, 0.25) is 0 Å². The van der Waals surface area contributed by atoms with Crippen LogP contribution in [0.4, 0.5) is 10.1 Å². The number of anilines is 1. The third kappa shape index (κ3) is 3.29. The maximum Gasteiger partial charge on any atom is 0.146 e. The van der Waals surface area contributed by atoms with E-state index < -0.39 is 0 Å². The fourth-order valence-corrected chi connectivity index (χ4v) is 3.32. The fraction of sp³-hybridized carbons (Fsp3) is 0.647. The van der Waals surface area contributed by atoms with Crippen molar-refractivity contribution in [3.8, 4) is 0 Å². The lowest BCUT2D eigenvalue weighted by atomic mass is 9.58. The Morgan fingerprint density at radius 2 is 1.58 bits per heavy atom. The van der Waals surface area contributed by atoms with Crippen molar-refractivity contribution in [3.05, 3.63) is 30.1 Å². The Balaban J connectivity index is 0.000000415. The summed E-state index contributed by atoms with van der Waals surface area (Å²) in [5, 5.41) is 0. The van der Waals surface area contributed by atoms with Crippen molar-refractivity contribution in [2.45, 2.75) is 47.5 Å². The smallest absolute Gasteiger partial charge is 0.146 e. The summed E-state index contributed by atoms with van der Waals surface area (Å²) in [6.07, 6.45) is 2.66. The molecule has 1 spiro atoms. The molecule has 1 aliphatic carbocycles. The van der Waals surface area contributed by atoms with E-state index in [1.165, 1.54) is 12.8 Å². The number of hydrogen-bond acceptors (Lipinski definition) is 1. The van der Waals surface area contributed by atoms with Crippen LogP contribution in [0.5, 0.6) is 0 Å². The first kappa shape index (κ1) is 16.0. The van der Waals surface area contributed by atoms with E-state index in [-0.39, 0.29) is 5.82 Å². The third-order valence-corrected chi connectivity index (χ3v) is 3.81. The van der Waals surface area contributed by atoms with E-state index >= 15 is 0 Å². The summed E-state index contributed by atoms with van der Waals surface area (Å²) in [6, 6.07) is 7.08. The van der Waals surface area contributed by atoms with Gasteiger partial charge in [-0.1, -0.05) is 46.8 Å². The van der Waals surface area contributed by atoms with Crippen LogP contribution in [0, 0.1) is 17.2 Å². The van der Waals surface area contributed by atoms with E-state index in [0.717, 1.165) is 24.7 Å². The summed E-state index contributed by atoms with van der Waals surface area (Å²) in [5.41, 5.74) is 1.32. The summed E-state index contributed by atoms with van der Waals surface area (Å²) >= 11 is 0. The molecule has 0 N–H and O–H groups in total. The average molecular weight is 265 g/mol. The first-order valence-corrected chi connectivity index (χ1v) is 7.68. The molecule has 1 aliphatic heterocycles. The van der Waals surface area contributed by atoms with E-state index in [1.807, 2.05) is 39.8 Å². The normalized spacial score (nSPS) is 19.4. The summed E-state index contributed by atoms with van der Waals surface area (Å²) < 4.78 is 13.5. The lowest BCUT2D eigenvalue weighted by Gasteiger charge is -2.59. The van der Waals surface area contributed by atoms with Crippen LogP contribution in [-0.2, 0) is 0 Å². The third-order valence-electron chi connectivity index (χ3n) is 3.81. The van der Waals surface area contributed by atoms with Crippen LogP contribution < -0.4 is 4.90 Å². The fourth-order valence-electron chi connectivity index (χ4n) is 3.32. The minimum atomic E-state index is -0.0836. The maximum absolute atomic E-state index is 13.5. The van der Waals surface area contributed by atoms with Crippen molar-refractivity contribution in [2.24, 2.45) is 11.3 Å². The standard InChI is InChI=1S/C13H16FN.2C2H6/c1-10-6-13(7-10)8-15(9-13)12-5-3-2-4-11(12)14;2*1-2/h2-5,10H,6-9H2,1H3;2*1-2H3. The van der Waals surface area contributed by atoms with Crippen LogP contribution >= 0.6 is 0 Å². The summed E-state index contributed by atoms with van der Waals surface area (Å²) in [7, 11) is 0. The molecule has 1 saturated carbocycles. The number of para-hydroxylation sites is 1. The van der Waals surface area contributed by atoms with E-state index in [1.54, 1.807) is 12.1 Å². The van der Waals surface area contributed by atoms with Gasteiger partial charge in [-0.15, -0.1) is 0 Å².